The van der Waals surface area contributed by atoms with Crippen molar-refractivity contribution in [2.45, 2.75) is 19.3 Å². The van der Waals surface area contributed by atoms with Crippen molar-refractivity contribution < 1.29 is 4.74 Å². The summed E-state index contributed by atoms with van der Waals surface area (Å²) in [5.74, 6) is 0.911. The molecule has 0 saturated carbocycles. The van der Waals surface area contributed by atoms with Crippen molar-refractivity contribution in [1.82, 2.24) is 0 Å². The van der Waals surface area contributed by atoms with Crippen LogP contribution in [0.2, 0.25) is 0 Å². The monoisotopic (exact) mass is 229 g/mol. The lowest BCUT2D eigenvalue weighted by Gasteiger charge is -2.05. The van der Waals surface area contributed by atoms with Gasteiger partial charge in [0.2, 0.25) is 0 Å². The van der Waals surface area contributed by atoms with Crippen molar-refractivity contribution in [3.05, 3.63) is 42.0 Å². The molecule has 17 heavy (non-hydrogen) atoms. The number of methoxy groups -OCH3 is 1. The van der Waals surface area contributed by atoms with E-state index in [1.165, 1.54) is 16.3 Å². The number of aryl methyl sites for hydroxylation is 1. The number of benzene rings is 2. The number of unbranched alkanes of at least 4 members (excludes halogenated alkanes) is 1. The second kappa shape index (κ2) is 5.69. The highest BCUT2D eigenvalue weighted by atomic mass is 16.5. The molecule has 2 aromatic rings. The van der Waals surface area contributed by atoms with Gasteiger partial charge in [-0.3, -0.25) is 0 Å². The van der Waals surface area contributed by atoms with E-state index >= 15 is 0 Å². The second-order valence-corrected chi connectivity index (χ2v) is 4.29. The molecule has 0 radical (unpaired) electrons. The average molecular weight is 229 g/mol. The maximum atomic E-state index is 5.50. The van der Waals surface area contributed by atoms with E-state index in [2.05, 4.69) is 30.3 Å². The first-order valence-corrected chi connectivity index (χ1v) is 6.10. The Morgan fingerprint density at radius 2 is 1.76 bits per heavy atom. The molecule has 2 aromatic carbocycles. The molecule has 0 aliphatic rings. The standard InChI is InChI=1S/C15H19NO/c1-17-15-8-7-13-10-12(4-2-3-9-16)5-6-14(13)11-15/h5-8,10-11H,2-4,9,16H2,1H3. The Morgan fingerprint density at radius 1 is 1.00 bits per heavy atom. The highest BCUT2D eigenvalue weighted by Gasteiger charge is 1.99. The second-order valence-electron chi connectivity index (χ2n) is 4.29. The predicted octanol–water partition coefficient (Wildman–Crippen LogP) is 3.13. The van der Waals surface area contributed by atoms with E-state index in [0.29, 0.717) is 0 Å². The fourth-order valence-electron chi connectivity index (χ4n) is 2.03. The minimum Gasteiger partial charge on any atom is -0.497 e. The van der Waals surface area contributed by atoms with Crippen LogP contribution in [0.4, 0.5) is 0 Å². The Bertz CT molecular complexity index is 493. The van der Waals surface area contributed by atoms with Crippen LogP contribution in [-0.4, -0.2) is 13.7 Å². The van der Waals surface area contributed by atoms with E-state index in [-0.39, 0.29) is 0 Å². The highest BCUT2D eigenvalue weighted by Crippen LogP contribution is 2.22. The van der Waals surface area contributed by atoms with Gasteiger partial charge in [0, 0.05) is 0 Å². The first kappa shape index (κ1) is 11.9. The number of hydrogen-bond donors (Lipinski definition) is 1. The Hall–Kier alpha value is -1.54. The fourth-order valence-corrected chi connectivity index (χ4v) is 2.03. The summed E-state index contributed by atoms with van der Waals surface area (Å²) in [6.07, 6.45) is 3.37. The zero-order chi connectivity index (χ0) is 12.1. The number of nitrogens with two attached hydrogens (primary N) is 1. The lowest BCUT2D eigenvalue weighted by molar-refractivity contribution is 0.415. The van der Waals surface area contributed by atoms with Crippen LogP contribution in [0.15, 0.2) is 36.4 Å². The van der Waals surface area contributed by atoms with Crippen LogP contribution in [0, 0.1) is 0 Å². The molecule has 0 saturated heterocycles. The van der Waals surface area contributed by atoms with Crippen LogP contribution >= 0.6 is 0 Å². The maximum Gasteiger partial charge on any atom is 0.119 e. The maximum absolute atomic E-state index is 5.50. The summed E-state index contributed by atoms with van der Waals surface area (Å²) in [7, 11) is 1.70. The molecule has 0 unspecified atom stereocenters. The summed E-state index contributed by atoms with van der Waals surface area (Å²) < 4.78 is 5.22. The summed E-state index contributed by atoms with van der Waals surface area (Å²) in [6, 6.07) is 12.8. The minimum atomic E-state index is 0.783. The average Bonchev–Trinajstić information content (AvgIpc) is 2.38. The molecule has 2 rings (SSSR count). The van der Waals surface area contributed by atoms with Crippen molar-refractivity contribution >= 4 is 10.8 Å². The highest BCUT2D eigenvalue weighted by molar-refractivity contribution is 5.84. The molecule has 0 bridgehead atoms. The van der Waals surface area contributed by atoms with E-state index in [0.717, 1.165) is 31.6 Å². The molecule has 0 amide bonds. The van der Waals surface area contributed by atoms with Gasteiger partial charge in [-0.2, -0.15) is 0 Å². The van der Waals surface area contributed by atoms with E-state index in [4.69, 9.17) is 10.5 Å². The van der Waals surface area contributed by atoms with E-state index in [1.807, 2.05) is 6.07 Å². The van der Waals surface area contributed by atoms with Crippen LogP contribution in [0.5, 0.6) is 5.75 Å². The fraction of sp³-hybridized carbons (Fsp3) is 0.333. The molecule has 2 nitrogen and oxygen atoms in total. The van der Waals surface area contributed by atoms with Crippen molar-refractivity contribution in [3.8, 4) is 5.75 Å². The Kier molecular flexibility index (Phi) is 3.99. The number of fused-ring (bicyclic) bond motifs is 1. The molecular weight excluding hydrogens is 210 g/mol. The van der Waals surface area contributed by atoms with E-state index in [9.17, 15) is 0 Å². The van der Waals surface area contributed by atoms with Gasteiger partial charge in [0.1, 0.15) is 5.75 Å². The third-order valence-electron chi connectivity index (χ3n) is 3.03. The Labute approximate surface area is 102 Å². The third-order valence-corrected chi connectivity index (χ3v) is 3.03. The first-order valence-electron chi connectivity index (χ1n) is 6.10. The van der Waals surface area contributed by atoms with Gasteiger partial charge in [-0.15, -0.1) is 0 Å². The number of rotatable bonds is 5. The lowest BCUT2D eigenvalue weighted by Crippen LogP contribution is -1.98. The van der Waals surface area contributed by atoms with Crippen LogP contribution in [0.3, 0.4) is 0 Å². The Balaban J connectivity index is 2.19. The topological polar surface area (TPSA) is 35.2 Å². The molecule has 2 N–H and O–H groups in total. The molecule has 0 aromatic heterocycles. The summed E-state index contributed by atoms with van der Waals surface area (Å²) >= 11 is 0. The van der Waals surface area contributed by atoms with Crippen LogP contribution in [0.25, 0.3) is 10.8 Å². The smallest absolute Gasteiger partial charge is 0.119 e. The molecule has 0 aliphatic carbocycles. The van der Waals surface area contributed by atoms with Crippen molar-refractivity contribution in [1.29, 1.82) is 0 Å². The van der Waals surface area contributed by atoms with E-state index in [1.54, 1.807) is 7.11 Å². The third kappa shape index (κ3) is 2.98. The molecule has 90 valence electrons. The van der Waals surface area contributed by atoms with Gasteiger partial charge >= 0.3 is 0 Å². The summed E-state index contributed by atoms with van der Waals surface area (Å²) in [5.41, 5.74) is 6.89. The normalized spacial score (nSPS) is 10.7. The predicted molar refractivity (Wildman–Crippen MR) is 72.5 cm³/mol. The first-order chi connectivity index (χ1) is 8.33. The van der Waals surface area contributed by atoms with Gasteiger partial charge < -0.3 is 10.5 Å². The number of hydrogen-bond acceptors (Lipinski definition) is 2. The lowest BCUT2D eigenvalue weighted by atomic mass is 10.0. The van der Waals surface area contributed by atoms with Crippen LogP contribution in [0.1, 0.15) is 18.4 Å². The number of ether oxygens (including phenoxy) is 1. The van der Waals surface area contributed by atoms with E-state index < -0.39 is 0 Å². The molecule has 0 aliphatic heterocycles. The van der Waals surface area contributed by atoms with Crippen molar-refractivity contribution in [3.63, 3.8) is 0 Å². The van der Waals surface area contributed by atoms with Gasteiger partial charge in [0.25, 0.3) is 0 Å². The van der Waals surface area contributed by atoms with Gasteiger partial charge in [-0.25, -0.2) is 0 Å². The zero-order valence-corrected chi connectivity index (χ0v) is 10.3. The van der Waals surface area contributed by atoms with Gasteiger partial charge in [-0.05, 0) is 54.3 Å². The summed E-state index contributed by atoms with van der Waals surface area (Å²) in [6.45, 7) is 0.783. The van der Waals surface area contributed by atoms with Crippen molar-refractivity contribution in [2.75, 3.05) is 13.7 Å². The van der Waals surface area contributed by atoms with Gasteiger partial charge in [0.05, 0.1) is 7.11 Å². The molecule has 0 fully saturated rings. The molecule has 0 heterocycles. The molecule has 0 spiro atoms. The van der Waals surface area contributed by atoms with Gasteiger partial charge in [0.15, 0.2) is 0 Å². The molecule has 0 atom stereocenters. The Morgan fingerprint density at radius 3 is 2.53 bits per heavy atom. The SMILES string of the molecule is COc1ccc2cc(CCCCN)ccc2c1. The van der Waals surface area contributed by atoms with Crippen LogP contribution in [-0.2, 0) is 6.42 Å². The van der Waals surface area contributed by atoms with Crippen molar-refractivity contribution in [2.24, 2.45) is 5.73 Å². The molecular formula is C15H19NO. The minimum absolute atomic E-state index is 0.783. The largest absolute Gasteiger partial charge is 0.497 e. The summed E-state index contributed by atoms with van der Waals surface area (Å²) in [5, 5.41) is 2.50. The summed E-state index contributed by atoms with van der Waals surface area (Å²) in [4.78, 5) is 0. The quantitative estimate of drug-likeness (QED) is 0.799. The molecule has 2 heteroatoms. The zero-order valence-electron chi connectivity index (χ0n) is 10.3. The van der Waals surface area contributed by atoms with Crippen LogP contribution < -0.4 is 10.5 Å². The van der Waals surface area contributed by atoms with Gasteiger partial charge in [-0.1, -0.05) is 24.3 Å².